The Balaban J connectivity index is 1.67. The monoisotopic (exact) mass is 642 g/mol. The van der Waals surface area contributed by atoms with Crippen LogP contribution in [0.3, 0.4) is 0 Å². The molecule has 44 heavy (non-hydrogen) atoms. The molecule has 0 atom stereocenters. The molecule has 0 radical (unpaired) electrons. The Morgan fingerprint density at radius 1 is 0.409 bits per heavy atom. The fourth-order valence-electron chi connectivity index (χ4n) is 6.21. The summed E-state index contributed by atoms with van der Waals surface area (Å²) in [6, 6.07) is 64.1. The molecule has 0 N–H and O–H groups in total. The molecule has 6 aromatic rings. The Bertz CT molecular complexity index is 1810. The van der Waals surface area contributed by atoms with E-state index in [1.807, 2.05) is 18.2 Å². The summed E-state index contributed by atoms with van der Waals surface area (Å²) in [7, 11) is 0.931. The summed E-state index contributed by atoms with van der Waals surface area (Å²) in [5.41, 5.74) is 0. The first kappa shape index (κ1) is 28.9. The van der Waals surface area contributed by atoms with Crippen molar-refractivity contribution in [3.63, 3.8) is 0 Å². The van der Waals surface area contributed by atoms with Crippen molar-refractivity contribution in [2.24, 2.45) is 10.2 Å². The number of halogens is 1. The van der Waals surface area contributed by atoms with E-state index in [4.69, 9.17) is 21.5 Å². The number of hydrogen-bond donors (Lipinski definition) is 0. The molecule has 0 fully saturated rings. The van der Waals surface area contributed by atoms with Gasteiger partial charge in [0.2, 0.25) is 0 Å². The number of azo groups is 1. The Morgan fingerprint density at radius 3 is 1.02 bits per heavy atom. The van der Waals surface area contributed by atoms with Gasteiger partial charge in [-0.05, 0) is 0 Å². The van der Waals surface area contributed by atoms with E-state index in [0.717, 1.165) is 34.4 Å². The fraction of sp³-hybridized carbons (Fsp3) is 0. The van der Waals surface area contributed by atoms with Crippen molar-refractivity contribution in [1.29, 1.82) is 0 Å². The molecule has 1 aliphatic heterocycles. The van der Waals surface area contributed by atoms with Crippen molar-refractivity contribution in [2.75, 3.05) is 0 Å². The second-order valence-corrected chi connectivity index (χ2v) is 21.7. The van der Waals surface area contributed by atoms with Crippen molar-refractivity contribution in [2.45, 2.75) is 0 Å². The molecule has 2 nitrogen and oxygen atoms in total. The molecule has 0 saturated heterocycles. The number of benzene rings is 6. The molecule has 1 heterocycles. The van der Waals surface area contributed by atoms with Crippen LogP contribution in [0.25, 0.3) is 0 Å². The zero-order valence-electron chi connectivity index (χ0n) is 23.9. The second-order valence-electron chi connectivity index (χ2n) is 10.6. The summed E-state index contributed by atoms with van der Waals surface area (Å²) >= 11 is 8.57. The predicted octanol–water partition coefficient (Wildman–Crippen LogP) is 8.25. The molecular formula is C38H30ClN2P3. The summed E-state index contributed by atoms with van der Waals surface area (Å²) in [6.45, 7) is -2.43. The molecule has 0 spiro atoms. The van der Waals surface area contributed by atoms with Gasteiger partial charge in [0.05, 0.1) is 0 Å². The van der Waals surface area contributed by atoms with Crippen LogP contribution in [-0.2, 0) is 0 Å². The molecule has 0 unspecified atom stereocenters. The standard InChI is InChI=1S/C38H30ClN2P3/c39-44(34-25-13-4-14-26-34,35-27-15-5-16-28-35,36-29-17-6-18-30-36)38-41-40-37(42-38)43(31-19-7-1-8-20-31,32-21-9-2-10-22-32)33-23-11-3-12-24-33/h1-30H. The molecule has 0 aliphatic carbocycles. The Kier molecular flexibility index (Phi) is 7.80. The van der Waals surface area contributed by atoms with Crippen LogP contribution in [0.15, 0.2) is 192 Å². The second kappa shape index (κ2) is 11.9. The van der Waals surface area contributed by atoms with E-state index >= 15 is 0 Å². The van der Waals surface area contributed by atoms with Gasteiger partial charge in [0.1, 0.15) is 0 Å². The van der Waals surface area contributed by atoms with Gasteiger partial charge in [-0.15, -0.1) is 0 Å². The van der Waals surface area contributed by atoms with Gasteiger partial charge in [-0.1, -0.05) is 0 Å². The summed E-state index contributed by atoms with van der Waals surface area (Å²) in [6.07, 6.45) is 0. The average Bonchev–Trinajstić information content (AvgIpc) is 3.63. The SMILES string of the molecule is ClP(C1=PC(=P(c2ccccc2)(c2ccccc2)c2ccccc2)N=N1)(c1ccccc1)(c1ccccc1)c1ccccc1. The van der Waals surface area contributed by atoms with E-state index in [-0.39, 0.29) is 0 Å². The van der Waals surface area contributed by atoms with Crippen LogP contribution in [-0.4, -0.2) is 10.3 Å². The third kappa shape index (κ3) is 4.41. The topological polar surface area (TPSA) is 24.7 Å². The first-order valence-electron chi connectivity index (χ1n) is 14.5. The Morgan fingerprint density at radius 2 is 0.705 bits per heavy atom. The van der Waals surface area contributed by atoms with Crippen LogP contribution in [0.5, 0.6) is 0 Å². The first-order chi connectivity index (χ1) is 21.7. The Hall–Kier alpha value is -3.89. The van der Waals surface area contributed by atoms with Gasteiger partial charge in [-0.25, -0.2) is 0 Å². The summed E-state index contributed by atoms with van der Waals surface area (Å²) in [5, 5.41) is 19.2. The quantitative estimate of drug-likeness (QED) is 0.157. The van der Waals surface area contributed by atoms with Gasteiger partial charge in [-0.3, -0.25) is 0 Å². The number of hydrogen-bond acceptors (Lipinski definition) is 1. The third-order valence-corrected chi connectivity index (χ3v) is 22.7. The number of nitrogens with zero attached hydrogens (tertiary/aromatic N) is 2. The van der Waals surface area contributed by atoms with Gasteiger partial charge < -0.3 is 0 Å². The van der Waals surface area contributed by atoms with E-state index in [9.17, 15) is 0 Å². The van der Waals surface area contributed by atoms with Gasteiger partial charge in [-0.2, -0.15) is 0 Å². The molecule has 0 aromatic heterocycles. The molecule has 0 amide bonds. The van der Waals surface area contributed by atoms with E-state index in [0.29, 0.717) is 0 Å². The van der Waals surface area contributed by atoms with Crippen LogP contribution < -0.4 is 31.8 Å². The summed E-state index contributed by atoms with van der Waals surface area (Å²) in [5.74, 6) is -3.83. The molecule has 0 bridgehead atoms. The minimum atomic E-state index is -3.83. The maximum absolute atomic E-state index is 8.57. The first-order valence-corrected chi connectivity index (χ1v) is 20.3. The van der Waals surface area contributed by atoms with Crippen LogP contribution in [0, 0.1) is 0 Å². The normalized spacial score (nSPS) is 14.4. The number of rotatable bonds is 7. The Labute approximate surface area is 265 Å². The van der Waals surface area contributed by atoms with Gasteiger partial charge in [0.25, 0.3) is 0 Å². The van der Waals surface area contributed by atoms with E-state index in [1.165, 1.54) is 15.9 Å². The average molecular weight is 643 g/mol. The molecule has 7 rings (SSSR count). The third-order valence-electron chi connectivity index (χ3n) is 8.26. The van der Waals surface area contributed by atoms with Gasteiger partial charge >= 0.3 is 267 Å². The van der Waals surface area contributed by atoms with Crippen molar-refractivity contribution >= 4 is 74.4 Å². The zero-order chi connectivity index (χ0) is 29.9. The summed E-state index contributed by atoms with van der Waals surface area (Å²) < 4.78 is 0. The fourth-order valence-corrected chi connectivity index (χ4v) is 19.9. The van der Waals surface area contributed by atoms with Crippen molar-refractivity contribution in [3.8, 4) is 0 Å². The van der Waals surface area contributed by atoms with Crippen molar-refractivity contribution in [3.05, 3.63) is 182 Å². The van der Waals surface area contributed by atoms with E-state index < -0.39 is 12.8 Å². The van der Waals surface area contributed by atoms with Crippen LogP contribution in [0.1, 0.15) is 0 Å². The van der Waals surface area contributed by atoms with Gasteiger partial charge in [0, 0.05) is 0 Å². The maximum atomic E-state index is 8.57. The minimum absolute atomic E-state index is 0.892. The van der Waals surface area contributed by atoms with Crippen LogP contribution in [0.2, 0.25) is 0 Å². The molecule has 214 valence electrons. The van der Waals surface area contributed by atoms with Gasteiger partial charge in [0.15, 0.2) is 0 Å². The summed E-state index contributed by atoms with van der Waals surface area (Å²) in [4.78, 5) is 0. The van der Waals surface area contributed by atoms with Crippen LogP contribution in [0.4, 0.5) is 0 Å². The molecule has 0 saturated carbocycles. The zero-order valence-corrected chi connectivity index (χ0v) is 27.4. The molecule has 1 aliphatic rings. The van der Waals surface area contributed by atoms with E-state index in [2.05, 4.69) is 164 Å². The van der Waals surface area contributed by atoms with E-state index in [1.54, 1.807) is 0 Å². The molecule has 6 aromatic carbocycles. The van der Waals surface area contributed by atoms with Crippen molar-refractivity contribution < 1.29 is 0 Å². The predicted molar refractivity (Wildman–Crippen MR) is 198 cm³/mol. The van der Waals surface area contributed by atoms with Crippen molar-refractivity contribution in [1.82, 2.24) is 0 Å². The molecule has 6 heteroatoms. The molecular weight excluding hydrogens is 613 g/mol. The van der Waals surface area contributed by atoms with Crippen LogP contribution >= 0.6 is 32.3 Å².